The molecule has 0 bridgehead atoms. The van der Waals surface area contributed by atoms with Crippen molar-refractivity contribution < 1.29 is 14.3 Å². The Kier molecular flexibility index (Phi) is 7.05. The van der Waals surface area contributed by atoms with E-state index in [0.717, 1.165) is 28.8 Å². The minimum Gasteiger partial charge on any atom is -0.385 e. The van der Waals surface area contributed by atoms with Gasteiger partial charge in [-0.3, -0.25) is 9.59 Å². The number of ether oxygens (including phenoxy) is 1. The lowest BCUT2D eigenvalue weighted by atomic mass is 10.0. The Bertz CT molecular complexity index is 518. The fourth-order valence-electron chi connectivity index (χ4n) is 2.59. The molecule has 0 saturated carbocycles. The van der Waals surface area contributed by atoms with Crippen molar-refractivity contribution in [3.8, 4) is 0 Å². The number of amides is 2. The van der Waals surface area contributed by atoms with Gasteiger partial charge in [0, 0.05) is 27.2 Å². The zero-order valence-electron chi connectivity index (χ0n) is 14.2. The molecule has 122 valence electrons. The summed E-state index contributed by atoms with van der Waals surface area (Å²) >= 11 is 0. The number of carbonyl (C=O) groups is 2. The Balaban J connectivity index is 2.83. The number of hydrogen-bond acceptors (Lipinski definition) is 3. The van der Waals surface area contributed by atoms with Gasteiger partial charge in [-0.1, -0.05) is 17.7 Å². The normalized spacial score (nSPS) is 10.4. The van der Waals surface area contributed by atoms with E-state index in [1.807, 2.05) is 32.9 Å². The van der Waals surface area contributed by atoms with Gasteiger partial charge in [-0.15, -0.1) is 0 Å². The van der Waals surface area contributed by atoms with Gasteiger partial charge >= 0.3 is 0 Å². The summed E-state index contributed by atoms with van der Waals surface area (Å²) in [7, 11) is 1.63. The summed E-state index contributed by atoms with van der Waals surface area (Å²) in [4.78, 5) is 25.5. The van der Waals surface area contributed by atoms with Crippen LogP contribution in [0.15, 0.2) is 12.1 Å². The second-order valence-electron chi connectivity index (χ2n) is 5.55. The van der Waals surface area contributed by atoms with E-state index in [0.29, 0.717) is 13.2 Å². The molecule has 1 aromatic rings. The lowest BCUT2D eigenvalue weighted by Gasteiger charge is -2.25. The summed E-state index contributed by atoms with van der Waals surface area (Å²) in [6.07, 6.45) is 0.755. The maximum atomic E-state index is 12.0. The van der Waals surface area contributed by atoms with Crippen LogP contribution in [0.25, 0.3) is 0 Å². The summed E-state index contributed by atoms with van der Waals surface area (Å²) in [6.45, 7) is 8.61. The summed E-state index contributed by atoms with van der Waals surface area (Å²) in [5.41, 5.74) is 3.97. The van der Waals surface area contributed by atoms with Crippen LogP contribution in [-0.2, 0) is 14.3 Å². The first kappa shape index (κ1) is 18.2. The highest BCUT2D eigenvalue weighted by atomic mass is 16.5. The maximum Gasteiger partial charge on any atom is 0.240 e. The zero-order valence-corrected chi connectivity index (χ0v) is 14.2. The number of anilines is 1. The molecule has 22 heavy (non-hydrogen) atoms. The lowest BCUT2D eigenvalue weighted by Crippen LogP contribution is -2.41. The highest BCUT2D eigenvalue weighted by molar-refractivity contribution is 5.98. The van der Waals surface area contributed by atoms with E-state index in [9.17, 15) is 9.59 Å². The number of hydrogen-bond donors (Lipinski definition) is 1. The molecule has 0 unspecified atom stereocenters. The summed E-state index contributed by atoms with van der Waals surface area (Å²) in [5.74, 6) is -0.298. The van der Waals surface area contributed by atoms with Crippen molar-refractivity contribution in [2.24, 2.45) is 0 Å². The van der Waals surface area contributed by atoms with Gasteiger partial charge < -0.3 is 15.0 Å². The third kappa shape index (κ3) is 5.15. The molecule has 0 heterocycles. The fraction of sp³-hybridized carbons (Fsp3) is 0.529. The fourth-order valence-corrected chi connectivity index (χ4v) is 2.59. The predicted octanol–water partition coefficient (Wildman–Crippen LogP) is 2.12. The Hall–Kier alpha value is -1.88. The van der Waals surface area contributed by atoms with E-state index < -0.39 is 0 Å². The van der Waals surface area contributed by atoms with E-state index in [-0.39, 0.29) is 18.4 Å². The molecule has 5 heteroatoms. The largest absolute Gasteiger partial charge is 0.385 e. The molecule has 0 aliphatic carbocycles. The van der Waals surface area contributed by atoms with E-state index in [2.05, 4.69) is 5.32 Å². The predicted molar refractivity (Wildman–Crippen MR) is 88.2 cm³/mol. The molecule has 1 N–H and O–H groups in total. The van der Waals surface area contributed by atoms with Gasteiger partial charge in [-0.25, -0.2) is 0 Å². The molecule has 0 saturated heterocycles. The second kappa shape index (κ2) is 8.54. The van der Waals surface area contributed by atoms with E-state index in [4.69, 9.17) is 4.74 Å². The van der Waals surface area contributed by atoms with E-state index >= 15 is 0 Å². The maximum absolute atomic E-state index is 12.0. The Labute approximate surface area is 132 Å². The summed E-state index contributed by atoms with van der Waals surface area (Å²) in [5, 5.41) is 2.81. The van der Waals surface area contributed by atoms with Crippen LogP contribution in [0, 0.1) is 20.8 Å². The van der Waals surface area contributed by atoms with Crippen LogP contribution in [0.4, 0.5) is 5.69 Å². The average Bonchev–Trinajstić information content (AvgIpc) is 2.41. The van der Waals surface area contributed by atoms with Crippen molar-refractivity contribution >= 4 is 17.5 Å². The van der Waals surface area contributed by atoms with E-state index in [1.54, 1.807) is 7.11 Å². The topological polar surface area (TPSA) is 58.6 Å². The first-order valence-electron chi connectivity index (χ1n) is 7.48. The summed E-state index contributed by atoms with van der Waals surface area (Å²) < 4.78 is 4.94. The second-order valence-corrected chi connectivity index (χ2v) is 5.55. The molecule has 0 atom stereocenters. The molecule has 0 aromatic heterocycles. The molecule has 0 aliphatic heterocycles. The van der Waals surface area contributed by atoms with Crippen molar-refractivity contribution in [3.05, 3.63) is 28.8 Å². The lowest BCUT2D eigenvalue weighted by molar-refractivity contribution is -0.123. The van der Waals surface area contributed by atoms with Crippen LogP contribution in [0.3, 0.4) is 0 Å². The number of aryl methyl sites for hydroxylation is 3. The van der Waals surface area contributed by atoms with Gasteiger partial charge in [0.1, 0.15) is 6.54 Å². The average molecular weight is 306 g/mol. The first-order chi connectivity index (χ1) is 10.4. The molecule has 1 aromatic carbocycles. The SMILES string of the molecule is COCCCNC(=O)CN(C(C)=O)c1c(C)cc(C)cc1C. The van der Waals surface area contributed by atoms with Crippen LogP contribution in [0.1, 0.15) is 30.0 Å². The van der Waals surface area contributed by atoms with Crippen molar-refractivity contribution in [2.75, 3.05) is 31.7 Å². The number of rotatable bonds is 7. The van der Waals surface area contributed by atoms with Crippen LogP contribution < -0.4 is 10.2 Å². The molecule has 0 radical (unpaired) electrons. The molecule has 0 spiro atoms. The molecule has 0 fully saturated rings. The number of nitrogens with one attached hydrogen (secondary N) is 1. The van der Waals surface area contributed by atoms with Crippen molar-refractivity contribution in [1.82, 2.24) is 5.32 Å². The Morgan fingerprint density at radius 3 is 2.27 bits per heavy atom. The molecule has 2 amide bonds. The monoisotopic (exact) mass is 306 g/mol. The Morgan fingerprint density at radius 2 is 1.77 bits per heavy atom. The number of benzene rings is 1. The van der Waals surface area contributed by atoms with Crippen LogP contribution in [0.2, 0.25) is 0 Å². The van der Waals surface area contributed by atoms with Crippen LogP contribution >= 0.6 is 0 Å². The highest BCUT2D eigenvalue weighted by Gasteiger charge is 2.19. The first-order valence-corrected chi connectivity index (χ1v) is 7.48. The van der Waals surface area contributed by atoms with Crippen molar-refractivity contribution in [3.63, 3.8) is 0 Å². The van der Waals surface area contributed by atoms with Gasteiger partial charge in [0.05, 0.1) is 5.69 Å². The van der Waals surface area contributed by atoms with Crippen LogP contribution in [-0.4, -0.2) is 38.6 Å². The van der Waals surface area contributed by atoms with Crippen molar-refractivity contribution in [2.45, 2.75) is 34.1 Å². The minimum absolute atomic E-state index is 0.0348. The highest BCUT2D eigenvalue weighted by Crippen LogP contribution is 2.26. The zero-order chi connectivity index (χ0) is 16.7. The number of carbonyl (C=O) groups excluding carboxylic acids is 2. The molecule has 0 aliphatic rings. The van der Waals surface area contributed by atoms with Gasteiger partial charge in [-0.05, 0) is 38.3 Å². The van der Waals surface area contributed by atoms with Gasteiger partial charge in [0.25, 0.3) is 0 Å². The third-order valence-electron chi connectivity index (χ3n) is 3.43. The molecule has 1 rings (SSSR count). The summed E-state index contributed by atoms with van der Waals surface area (Å²) in [6, 6.07) is 4.05. The molecular formula is C17H26N2O3. The van der Waals surface area contributed by atoms with Crippen molar-refractivity contribution in [1.29, 1.82) is 0 Å². The standard InChI is InChI=1S/C17H26N2O3/c1-12-9-13(2)17(14(3)10-12)19(15(4)20)11-16(21)18-7-6-8-22-5/h9-10H,6-8,11H2,1-5H3,(H,18,21). The third-order valence-corrected chi connectivity index (χ3v) is 3.43. The smallest absolute Gasteiger partial charge is 0.240 e. The van der Waals surface area contributed by atoms with Gasteiger partial charge in [-0.2, -0.15) is 0 Å². The van der Waals surface area contributed by atoms with Gasteiger partial charge in [0.2, 0.25) is 11.8 Å². The quantitative estimate of drug-likeness (QED) is 0.785. The minimum atomic E-state index is -0.161. The van der Waals surface area contributed by atoms with Crippen LogP contribution in [0.5, 0.6) is 0 Å². The number of nitrogens with zero attached hydrogens (tertiary/aromatic N) is 1. The molecule has 5 nitrogen and oxygen atoms in total. The van der Waals surface area contributed by atoms with Gasteiger partial charge in [0.15, 0.2) is 0 Å². The molecular weight excluding hydrogens is 280 g/mol. The van der Waals surface area contributed by atoms with E-state index in [1.165, 1.54) is 11.8 Å². The number of methoxy groups -OCH3 is 1. The Morgan fingerprint density at radius 1 is 1.18 bits per heavy atom.